The smallest absolute Gasteiger partial charge is 0.312 e. The number of nitro benzene ring substituents is 1. The molecular weight excluding hydrogens is 236 g/mol. The minimum Gasteiger partial charge on any atom is -0.490 e. The second-order valence-electron chi connectivity index (χ2n) is 4.61. The summed E-state index contributed by atoms with van der Waals surface area (Å²) in [5, 5.41) is 11.0. The highest BCUT2D eigenvalue weighted by Gasteiger charge is 2.39. The van der Waals surface area contributed by atoms with Gasteiger partial charge in [0.1, 0.15) is 0 Å². The Morgan fingerprint density at radius 1 is 1.56 bits per heavy atom. The van der Waals surface area contributed by atoms with E-state index in [9.17, 15) is 10.1 Å². The Hall–Kier alpha value is -1.82. The summed E-state index contributed by atoms with van der Waals surface area (Å²) in [7, 11) is 1.44. The molecule has 2 aliphatic rings. The Morgan fingerprint density at radius 3 is 2.94 bits per heavy atom. The maximum atomic E-state index is 11.0. The molecule has 0 amide bonds. The number of ether oxygens (including phenoxy) is 2. The third kappa shape index (κ3) is 1.69. The average molecular weight is 250 g/mol. The second kappa shape index (κ2) is 4.13. The summed E-state index contributed by atoms with van der Waals surface area (Å²) in [5.41, 5.74) is 0.886. The lowest BCUT2D eigenvalue weighted by Gasteiger charge is -2.28. The summed E-state index contributed by atoms with van der Waals surface area (Å²) in [6, 6.07) is 5.45. The number of hydrogen-bond donors (Lipinski definition) is 0. The Bertz CT molecular complexity index is 491. The van der Waals surface area contributed by atoms with Gasteiger partial charge in [0.25, 0.3) is 0 Å². The van der Waals surface area contributed by atoms with Crippen LogP contribution in [0.5, 0.6) is 5.75 Å². The van der Waals surface area contributed by atoms with E-state index in [4.69, 9.17) is 9.47 Å². The van der Waals surface area contributed by atoms with Crippen LogP contribution in [0.1, 0.15) is 6.42 Å². The fourth-order valence-corrected chi connectivity index (χ4v) is 2.72. The van der Waals surface area contributed by atoms with Gasteiger partial charge in [0.2, 0.25) is 0 Å². The van der Waals surface area contributed by atoms with E-state index in [1.807, 2.05) is 6.07 Å². The lowest BCUT2D eigenvalue weighted by Crippen LogP contribution is -2.36. The monoisotopic (exact) mass is 250 g/mol. The van der Waals surface area contributed by atoms with Gasteiger partial charge < -0.3 is 14.4 Å². The number of anilines is 1. The van der Waals surface area contributed by atoms with Gasteiger partial charge in [-0.1, -0.05) is 0 Å². The highest BCUT2D eigenvalue weighted by Crippen LogP contribution is 2.37. The first-order chi connectivity index (χ1) is 8.69. The van der Waals surface area contributed by atoms with E-state index < -0.39 is 4.92 Å². The summed E-state index contributed by atoms with van der Waals surface area (Å²) in [6.45, 7) is 1.53. The van der Waals surface area contributed by atoms with Crippen molar-refractivity contribution in [3.63, 3.8) is 0 Å². The van der Waals surface area contributed by atoms with Gasteiger partial charge in [0.15, 0.2) is 5.75 Å². The minimum absolute atomic E-state index is 0.0127. The van der Waals surface area contributed by atoms with Gasteiger partial charge in [-0.25, -0.2) is 0 Å². The average Bonchev–Trinajstić information content (AvgIpc) is 3.00. The van der Waals surface area contributed by atoms with Crippen LogP contribution in [0.15, 0.2) is 18.2 Å². The number of methoxy groups -OCH3 is 1. The molecule has 0 saturated carbocycles. The number of rotatable bonds is 3. The van der Waals surface area contributed by atoms with Crippen LogP contribution in [0.25, 0.3) is 0 Å². The van der Waals surface area contributed by atoms with Crippen molar-refractivity contribution < 1.29 is 14.4 Å². The van der Waals surface area contributed by atoms with Crippen molar-refractivity contribution >= 4 is 11.4 Å². The Kier molecular flexibility index (Phi) is 2.59. The zero-order valence-corrected chi connectivity index (χ0v) is 10.0. The van der Waals surface area contributed by atoms with E-state index in [2.05, 4.69) is 4.90 Å². The van der Waals surface area contributed by atoms with Crippen LogP contribution in [0.3, 0.4) is 0 Å². The molecule has 18 heavy (non-hydrogen) atoms. The van der Waals surface area contributed by atoms with E-state index in [1.165, 1.54) is 7.11 Å². The molecule has 2 heterocycles. The van der Waals surface area contributed by atoms with Crippen LogP contribution in [0.4, 0.5) is 11.4 Å². The van der Waals surface area contributed by atoms with Gasteiger partial charge in [0, 0.05) is 18.3 Å². The highest BCUT2D eigenvalue weighted by atomic mass is 16.6. The number of morpholine rings is 1. The Morgan fingerprint density at radius 2 is 2.39 bits per heavy atom. The number of hydrogen-bond acceptors (Lipinski definition) is 5. The molecule has 2 saturated heterocycles. The quantitative estimate of drug-likeness (QED) is 0.602. The van der Waals surface area contributed by atoms with E-state index in [0.717, 1.165) is 18.7 Å². The van der Waals surface area contributed by atoms with E-state index in [0.29, 0.717) is 18.4 Å². The van der Waals surface area contributed by atoms with Crippen LogP contribution in [0, 0.1) is 10.1 Å². The van der Waals surface area contributed by atoms with Gasteiger partial charge in [-0.05, 0) is 18.6 Å². The van der Waals surface area contributed by atoms with Crippen molar-refractivity contribution in [3.05, 3.63) is 28.3 Å². The fraction of sp³-hybridized carbons (Fsp3) is 0.500. The van der Waals surface area contributed by atoms with E-state index in [1.54, 1.807) is 12.1 Å². The zero-order chi connectivity index (χ0) is 12.7. The first-order valence-corrected chi connectivity index (χ1v) is 5.89. The van der Waals surface area contributed by atoms with Crippen molar-refractivity contribution in [2.24, 2.45) is 0 Å². The predicted octanol–water partition coefficient (Wildman–Crippen LogP) is 1.58. The molecule has 0 radical (unpaired) electrons. The maximum Gasteiger partial charge on any atom is 0.312 e. The molecule has 0 aliphatic carbocycles. The first kappa shape index (κ1) is 11.3. The molecule has 96 valence electrons. The van der Waals surface area contributed by atoms with Crippen LogP contribution in [-0.4, -0.2) is 37.3 Å². The molecule has 0 aromatic heterocycles. The standard InChI is InChI=1S/C12H14N2O4/c1-17-12-3-2-8(5-11(12)14(15)16)13-6-10-4-9(13)7-18-10/h2-3,5,9-10H,4,6-7H2,1H3/t9-,10-/m0/s1. The van der Waals surface area contributed by atoms with Crippen molar-refractivity contribution in [1.29, 1.82) is 0 Å². The third-order valence-corrected chi connectivity index (χ3v) is 3.59. The van der Waals surface area contributed by atoms with Crippen molar-refractivity contribution in [2.75, 3.05) is 25.2 Å². The number of nitrogens with zero attached hydrogens (tertiary/aromatic N) is 2. The largest absolute Gasteiger partial charge is 0.490 e. The Balaban J connectivity index is 1.93. The molecular formula is C12H14N2O4. The molecule has 2 fully saturated rings. The van der Waals surface area contributed by atoms with Crippen molar-refractivity contribution in [3.8, 4) is 5.75 Å². The molecule has 3 rings (SSSR count). The highest BCUT2D eigenvalue weighted by molar-refractivity contribution is 5.61. The topological polar surface area (TPSA) is 64.8 Å². The van der Waals surface area contributed by atoms with Crippen LogP contribution < -0.4 is 9.64 Å². The normalized spacial score (nSPS) is 25.5. The molecule has 0 N–H and O–H groups in total. The molecule has 2 atom stereocenters. The SMILES string of the molecule is COc1ccc(N2C[C@@H]3C[C@H]2CO3)cc1[N+](=O)[O-]. The molecule has 2 bridgehead atoms. The third-order valence-electron chi connectivity index (χ3n) is 3.59. The summed E-state index contributed by atoms with van der Waals surface area (Å²) in [5.74, 6) is 0.296. The summed E-state index contributed by atoms with van der Waals surface area (Å²) < 4.78 is 10.5. The van der Waals surface area contributed by atoms with Gasteiger partial charge in [-0.2, -0.15) is 0 Å². The lowest BCUT2D eigenvalue weighted by atomic mass is 10.2. The van der Waals surface area contributed by atoms with Crippen LogP contribution >= 0.6 is 0 Å². The summed E-state index contributed by atoms with van der Waals surface area (Å²) >= 11 is 0. The van der Waals surface area contributed by atoms with Gasteiger partial charge >= 0.3 is 5.69 Å². The summed E-state index contributed by atoms with van der Waals surface area (Å²) in [6.07, 6.45) is 1.29. The number of benzene rings is 1. The predicted molar refractivity (Wildman–Crippen MR) is 65.1 cm³/mol. The van der Waals surface area contributed by atoms with Crippen LogP contribution in [-0.2, 0) is 4.74 Å². The van der Waals surface area contributed by atoms with Gasteiger partial charge in [-0.3, -0.25) is 10.1 Å². The van der Waals surface area contributed by atoms with Crippen LogP contribution in [0.2, 0.25) is 0 Å². The van der Waals surface area contributed by atoms with Crippen molar-refractivity contribution in [2.45, 2.75) is 18.6 Å². The van der Waals surface area contributed by atoms with Crippen molar-refractivity contribution in [1.82, 2.24) is 0 Å². The first-order valence-electron chi connectivity index (χ1n) is 5.89. The van der Waals surface area contributed by atoms with Gasteiger partial charge in [0.05, 0.1) is 30.8 Å². The van der Waals surface area contributed by atoms with E-state index >= 15 is 0 Å². The maximum absolute atomic E-state index is 11.0. The molecule has 6 heteroatoms. The molecule has 2 aliphatic heterocycles. The molecule has 0 unspecified atom stereocenters. The molecule has 1 aromatic rings. The second-order valence-corrected chi connectivity index (χ2v) is 4.61. The fourth-order valence-electron chi connectivity index (χ4n) is 2.72. The minimum atomic E-state index is -0.410. The molecule has 1 aromatic carbocycles. The number of fused-ring (bicyclic) bond motifs is 2. The van der Waals surface area contributed by atoms with Gasteiger partial charge in [-0.15, -0.1) is 0 Å². The molecule has 6 nitrogen and oxygen atoms in total. The molecule has 0 spiro atoms. The summed E-state index contributed by atoms with van der Waals surface area (Å²) in [4.78, 5) is 12.8. The number of nitro groups is 1. The lowest BCUT2D eigenvalue weighted by molar-refractivity contribution is -0.385. The Labute approximate surface area is 104 Å². The zero-order valence-electron chi connectivity index (χ0n) is 10.0. The van der Waals surface area contributed by atoms with E-state index in [-0.39, 0.29) is 11.8 Å².